The van der Waals surface area contributed by atoms with Crippen LogP contribution >= 0.6 is 11.6 Å². The lowest BCUT2D eigenvalue weighted by Crippen LogP contribution is -2.39. The third kappa shape index (κ3) is 3.14. The fraction of sp³-hybridized carbons (Fsp3) is 0.389. The first kappa shape index (κ1) is 16.9. The number of halogens is 1. The maximum Gasteiger partial charge on any atom is 0.315 e. The molecular weight excluding hydrogens is 354 g/mol. The van der Waals surface area contributed by atoms with E-state index in [1.807, 2.05) is 32.0 Å². The molecule has 2 N–H and O–H groups in total. The van der Waals surface area contributed by atoms with E-state index in [0.717, 1.165) is 42.0 Å². The largest absolute Gasteiger partial charge is 0.459 e. The number of rotatable bonds is 4. The number of hydrogen-bond donors (Lipinski definition) is 2. The third-order valence-corrected chi connectivity index (χ3v) is 4.88. The van der Waals surface area contributed by atoms with Crippen LogP contribution in [0.25, 0.3) is 11.0 Å². The lowest BCUT2D eigenvalue weighted by atomic mass is 10.2. The Labute approximate surface area is 155 Å². The maximum atomic E-state index is 12.4. The summed E-state index contributed by atoms with van der Waals surface area (Å²) in [5.74, 6) is 2.45. The number of hydrogen-bond acceptors (Lipinski definition) is 4. The molecule has 2 amide bonds. The molecular formula is C18H20ClN5O2. The van der Waals surface area contributed by atoms with Crippen LogP contribution in [0.1, 0.15) is 49.8 Å². The minimum Gasteiger partial charge on any atom is -0.459 e. The molecule has 3 heterocycles. The van der Waals surface area contributed by atoms with E-state index in [0.29, 0.717) is 10.8 Å². The number of nitrogens with one attached hydrogen (secondary N) is 2. The molecule has 1 aliphatic rings. The van der Waals surface area contributed by atoms with Crippen molar-refractivity contribution < 1.29 is 9.21 Å². The summed E-state index contributed by atoms with van der Waals surface area (Å²) in [5, 5.41) is 15.8. The smallest absolute Gasteiger partial charge is 0.315 e. The van der Waals surface area contributed by atoms with E-state index in [1.54, 1.807) is 6.07 Å². The Kier molecular flexibility index (Phi) is 4.32. The Morgan fingerprint density at radius 3 is 2.88 bits per heavy atom. The summed E-state index contributed by atoms with van der Waals surface area (Å²) in [5.41, 5.74) is 0.742. The second-order valence-corrected chi connectivity index (χ2v) is 7.06. The fourth-order valence-corrected chi connectivity index (χ4v) is 3.49. The molecule has 7 nitrogen and oxygen atoms in total. The molecule has 0 saturated carbocycles. The van der Waals surface area contributed by atoms with E-state index in [4.69, 9.17) is 16.0 Å². The van der Waals surface area contributed by atoms with Gasteiger partial charge in [0.1, 0.15) is 17.2 Å². The lowest BCUT2D eigenvalue weighted by Gasteiger charge is -2.17. The Morgan fingerprint density at radius 2 is 2.04 bits per heavy atom. The summed E-state index contributed by atoms with van der Waals surface area (Å²) in [6.45, 7) is 4.69. The summed E-state index contributed by atoms with van der Waals surface area (Å²) in [6.07, 6.45) is 2.02. The Balaban J connectivity index is 1.41. The van der Waals surface area contributed by atoms with E-state index < -0.39 is 0 Å². The standard InChI is InChI=1S/C18H20ClN5O2/c1-10(15-9-12-8-13(19)5-6-14(12)26-15)20-18(25)21-11(2)17-23-22-16-4-3-7-24(16)17/h5-6,8-11H,3-4,7H2,1-2H3,(H2,20,21,25). The molecule has 136 valence electrons. The minimum absolute atomic E-state index is 0.226. The van der Waals surface area contributed by atoms with Crippen LogP contribution in [-0.2, 0) is 13.0 Å². The average molecular weight is 374 g/mol. The van der Waals surface area contributed by atoms with Crippen LogP contribution in [0.15, 0.2) is 28.7 Å². The second kappa shape index (κ2) is 6.64. The topological polar surface area (TPSA) is 85.0 Å². The number of aryl methyl sites for hydroxylation is 1. The highest BCUT2D eigenvalue weighted by atomic mass is 35.5. The first-order chi connectivity index (χ1) is 12.5. The highest BCUT2D eigenvalue weighted by molar-refractivity contribution is 6.31. The first-order valence-corrected chi connectivity index (χ1v) is 9.07. The second-order valence-electron chi connectivity index (χ2n) is 6.62. The number of benzene rings is 1. The summed E-state index contributed by atoms with van der Waals surface area (Å²) in [6, 6.07) is 6.54. The molecule has 1 aliphatic heterocycles. The molecule has 0 radical (unpaired) electrons. The van der Waals surface area contributed by atoms with Crippen molar-refractivity contribution in [3.05, 3.63) is 46.7 Å². The Hall–Kier alpha value is -2.54. The van der Waals surface area contributed by atoms with Crippen LogP contribution in [0.4, 0.5) is 4.79 Å². The molecule has 1 aromatic carbocycles. The normalized spacial score (nSPS) is 15.7. The van der Waals surface area contributed by atoms with Crippen molar-refractivity contribution in [2.24, 2.45) is 0 Å². The van der Waals surface area contributed by atoms with E-state index >= 15 is 0 Å². The zero-order chi connectivity index (χ0) is 18.3. The summed E-state index contributed by atoms with van der Waals surface area (Å²) < 4.78 is 7.88. The molecule has 2 atom stereocenters. The van der Waals surface area contributed by atoms with Crippen molar-refractivity contribution >= 4 is 28.6 Å². The van der Waals surface area contributed by atoms with Gasteiger partial charge < -0.3 is 19.6 Å². The molecule has 0 aliphatic carbocycles. The van der Waals surface area contributed by atoms with Crippen molar-refractivity contribution in [2.75, 3.05) is 0 Å². The summed E-state index contributed by atoms with van der Waals surface area (Å²) >= 11 is 6.00. The van der Waals surface area contributed by atoms with Crippen molar-refractivity contribution in [1.82, 2.24) is 25.4 Å². The van der Waals surface area contributed by atoms with Crippen LogP contribution in [0.3, 0.4) is 0 Å². The van der Waals surface area contributed by atoms with Crippen LogP contribution in [-0.4, -0.2) is 20.8 Å². The van der Waals surface area contributed by atoms with E-state index in [9.17, 15) is 4.79 Å². The monoisotopic (exact) mass is 373 g/mol. The number of fused-ring (bicyclic) bond motifs is 2. The van der Waals surface area contributed by atoms with E-state index in [1.165, 1.54) is 0 Å². The Bertz CT molecular complexity index is 964. The number of carbonyl (C=O) groups is 1. The summed E-state index contributed by atoms with van der Waals surface area (Å²) in [7, 11) is 0. The molecule has 3 aromatic rings. The molecule has 4 rings (SSSR count). The van der Waals surface area contributed by atoms with Gasteiger partial charge in [0.15, 0.2) is 5.82 Å². The molecule has 26 heavy (non-hydrogen) atoms. The van der Waals surface area contributed by atoms with Gasteiger partial charge in [0.05, 0.1) is 12.1 Å². The van der Waals surface area contributed by atoms with Gasteiger partial charge in [-0.05, 0) is 44.5 Å². The zero-order valence-electron chi connectivity index (χ0n) is 14.6. The molecule has 8 heteroatoms. The van der Waals surface area contributed by atoms with Crippen LogP contribution < -0.4 is 10.6 Å². The highest BCUT2D eigenvalue weighted by Crippen LogP contribution is 2.26. The molecule has 2 unspecified atom stereocenters. The predicted molar refractivity (Wildman–Crippen MR) is 98.1 cm³/mol. The van der Waals surface area contributed by atoms with Gasteiger partial charge in [-0.1, -0.05) is 11.6 Å². The van der Waals surface area contributed by atoms with E-state index in [-0.39, 0.29) is 18.1 Å². The van der Waals surface area contributed by atoms with Gasteiger partial charge in [0.2, 0.25) is 0 Å². The van der Waals surface area contributed by atoms with E-state index in [2.05, 4.69) is 25.4 Å². The molecule has 0 saturated heterocycles. The van der Waals surface area contributed by atoms with Crippen molar-refractivity contribution in [1.29, 1.82) is 0 Å². The number of amides is 2. The van der Waals surface area contributed by atoms with Crippen LogP contribution in [0.2, 0.25) is 5.02 Å². The van der Waals surface area contributed by atoms with Crippen molar-refractivity contribution in [3.63, 3.8) is 0 Å². The van der Waals surface area contributed by atoms with Gasteiger partial charge in [-0.15, -0.1) is 10.2 Å². The van der Waals surface area contributed by atoms with Crippen LogP contribution in [0, 0.1) is 0 Å². The number of urea groups is 1. The summed E-state index contributed by atoms with van der Waals surface area (Å²) in [4.78, 5) is 12.4. The number of aromatic nitrogens is 3. The van der Waals surface area contributed by atoms with Crippen LogP contribution in [0.5, 0.6) is 0 Å². The van der Waals surface area contributed by atoms with Gasteiger partial charge in [-0.2, -0.15) is 0 Å². The molecule has 0 fully saturated rings. The van der Waals surface area contributed by atoms with Gasteiger partial charge in [-0.25, -0.2) is 4.79 Å². The van der Waals surface area contributed by atoms with Crippen molar-refractivity contribution in [2.45, 2.75) is 45.3 Å². The predicted octanol–water partition coefficient (Wildman–Crippen LogP) is 3.75. The molecule has 2 aromatic heterocycles. The number of furan rings is 1. The quantitative estimate of drug-likeness (QED) is 0.729. The van der Waals surface area contributed by atoms with Gasteiger partial charge in [0, 0.05) is 23.4 Å². The maximum absolute atomic E-state index is 12.4. The van der Waals surface area contributed by atoms with Crippen molar-refractivity contribution in [3.8, 4) is 0 Å². The first-order valence-electron chi connectivity index (χ1n) is 8.69. The fourth-order valence-electron chi connectivity index (χ4n) is 3.31. The highest BCUT2D eigenvalue weighted by Gasteiger charge is 2.23. The number of nitrogens with zero attached hydrogens (tertiary/aromatic N) is 3. The lowest BCUT2D eigenvalue weighted by molar-refractivity contribution is 0.232. The van der Waals surface area contributed by atoms with Gasteiger partial charge in [-0.3, -0.25) is 0 Å². The average Bonchev–Trinajstić information content (AvgIpc) is 3.28. The molecule has 0 bridgehead atoms. The van der Waals surface area contributed by atoms with Gasteiger partial charge in [0.25, 0.3) is 0 Å². The SMILES string of the molecule is CC(NC(=O)NC(C)c1nnc2n1CCC2)c1cc2cc(Cl)ccc2o1. The minimum atomic E-state index is -0.280. The molecule has 0 spiro atoms. The van der Waals surface area contributed by atoms with Gasteiger partial charge >= 0.3 is 6.03 Å². The zero-order valence-corrected chi connectivity index (χ0v) is 15.4. The Morgan fingerprint density at radius 1 is 1.23 bits per heavy atom. The number of carbonyl (C=O) groups excluding carboxylic acids is 1. The third-order valence-electron chi connectivity index (χ3n) is 4.64.